The fraction of sp³-hybridized carbons (Fsp3) is 0.167. The summed E-state index contributed by atoms with van der Waals surface area (Å²) in [5.74, 6) is 1.18. The van der Waals surface area contributed by atoms with E-state index in [9.17, 15) is 4.57 Å². The Labute approximate surface area is 221 Å². The van der Waals surface area contributed by atoms with Crippen LogP contribution in [0.1, 0.15) is 0 Å². The second-order valence-corrected chi connectivity index (χ2v) is 12.6. The highest BCUT2D eigenvalue weighted by molar-refractivity contribution is 9.10. The minimum Gasteiger partial charge on any atom is -0.480 e. The van der Waals surface area contributed by atoms with Crippen LogP contribution in [0, 0.1) is 0 Å². The average molecular weight is 580 g/mol. The van der Waals surface area contributed by atoms with Crippen molar-refractivity contribution < 1.29 is 9.30 Å². The molecule has 0 bridgehead atoms. The number of anilines is 4. The van der Waals surface area contributed by atoms with E-state index in [1.165, 1.54) is 0 Å². The Morgan fingerprint density at radius 1 is 0.973 bits per heavy atom. The number of rotatable bonds is 7. The number of nitrogens with zero attached hydrogens (tertiary/aromatic N) is 7. The monoisotopic (exact) mass is 579 g/mol. The number of nitrogens with one attached hydrogen (secondary N) is 2. The number of halogens is 1. The van der Waals surface area contributed by atoms with Crippen LogP contribution in [0.25, 0.3) is 22.2 Å². The first-order valence-corrected chi connectivity index (χ1v) is 14.5. The highest BCUT2D eigenvalue weighted by atomic mass is 79.9. The second kappa shape index (κ2) is 9.87. The molecular formula is C24H23BrN9O2P. The van der Waals surface area contributed by atoms with Gasteiger partial charge >= 0.3 is 0 Å². The number of fused-ring (bicyclic) bond motifs is 1. The summed E-state index contributed by atoms with van der Waals surface area (Å²) in [6.45, 7) is 3.41. The van der Waals surface area contributed by atoms with Gasteiger partial charge in [0.15, 0.2) is 0 Å². The summed E-state index contributed by atoms with van der Waals surface area (Å²) in [5.41, 5.74) is 4.25. The summed E-state index contributed by atoms with van der Waals surface area (Å²) in [4.78, 5) is 22.2. The first-order valence-electron chi connectivity index (χ1n) is 11.1. The van der Waals surface area contributed by atoms with E-state index in [0.717, 1.165) is 11.1 Å². The molecule has 2 N–H and O–H groups in total. The van der Waals surface area contributed by atoms with Crippen LogP contribution >= 0.6 is 23.1 Å². The molecule has 1 aromatic carbocycles. The molecule has 0 saturated carbocycles. The van der Waals surface area contributed by atoms with Crippen molar-refractivity contribution in [1.82, 2.24) is 34.7 Å². The SMILES string of the molecule is COc1ncc(-c2cnn(C)c2)cc1Nc1ncc(Br)c(Nc2ccc3nccnc3c2P(C)(C)=O)n1. The van der Waals surface area contributed by atoms with Crippen LogP contribution in [-0.2, 0) is 11.6 Å². The van der Waals surface area contributed by atoms with E-state index in [2.05, 4.69) is 56.6 Å². The highest BCUT2D eigenvalue weighted by Crippen LogP contribution is 2.41. The van der Waals surface area contributed by atoms with Crippen LogP contribution < -0.4 is 20.7 Å². The third-order valence-electron chi connectivity index (χ3n) is 5.48. The average Bonchev–Trinajstić information content (AvgIpc) is 3.31. The minimum absolute atomic E-state index is 0.312. The molecule has 0 aliphatic carbocycles. The summed E-state index contributed by atoms with van der Waals surface area (Å²) in [5, 5.41) is 11.3. The van der Waals surface area contributed by atoms with Gasteiger partial charge in [0.05, 0.1) is 34.3 Å². The van der Waals surface area contributed by atoms with E-state index in [4.69, 9.17) is 4.74 Å². The molecule has 0 aliphatic heterocycles. The van der Waals surface area contributed by atoms with Gasteiger partial charge in [-0.05, 0) is 47.5 Å². The normalized spacial score (nSPS) is 11.5. The molecule has 0 unspecified atom stereocenters. The molecule has 13 heteroatoms. The Bertz CT molecular complexity index is 1670. The molecule has 0 radical (unpaired) electrons. The zero-order valence-electron chi connectivity index (χ0n) is 20.5. The van der Waals surface area contributed by atoms with Crippen molar-refractivity contribution in [3.05, 3.63) is 59.9 Å². The predicted octanol–water partition coefficient (Wildman–Crippen LogP) is 4.72. The van der Waals surface area contributed by atoms with Gasteiger partial charge in [-0.15, -0.1) is 0 Å². The molecule has 0 spiro atoms. The molecule has 4 aromatic heterocycles. The quantitative estimate of drug-likeness (QED) is 0.261. The Balaban J connectivity index is 1.51. The molecule has 188 valence electrons. The lowest BCUT2D eigenvalue weighted by Crippen LogP contribution is -2.14. The van der Waals surface area contributed by atoms with Crippen molar-refractivity contribution in [2.24, 2.45) is 7.05 Å². The fourth-order valence-corrected chi connectivity index (χ4v) is 5.55. The van der Waals surface area contributed by atoms with Crippen molar-refractivity contribution in [2.75, 3.05) is 31.1 Å². The summed E-state index contributed by atoms with van der Waals surface area (Å²) in [7, 11) is 0.666. The summed E-state index contributed by atoms with van der Waals surface area (Å²) >= 11 is 3.51. The molecule has 0 amide bonds. The van der Waals surface area contributed by atoms with E-state index in [1.807, 2.05) is 31.4 Å². The lowest BCUT2D eigenvalue weighted by molar-refractivity contribution is 0.400. The van der Waals surface area contributed by atoms with Crippen LogP contribution in [0.3, 0.4) is 0 Å². The minimum atomic E-state index is -2.73. The van der Waals surface area contributed by atoms with Crippen molar-refractivity contribution >= 4 is 62.6 Å². The smallest absolute Gasteiger partial charge is 0.237 e. The Hall–Kier alpha value is -3.89. The zero-order chi connectivity index (χ0) is 26.2. The molecule has 0 atom stereocenters. The van der Waals surface area contributed by atoms with E-state index in [-0.39, 0.29) is 0 Å². The van der Waals surface area contributed by atoms with Gasteiger partial charge in [0.25, 0.3) is 0 Å². The van der Waals surface area contributed by atoms with Crippen LogP contribution in [-0.4, -0.2) is 55.1 Å². The van der Waals surface area contributed by atoms with E-state index in [1.54, 1.807) is 56.1 Å². The lowest BCUT2D eigenvalue weighted by Gasteiger charge is -2.17. The standard InChI is InChI=1S/C24H23BrN9O2P/c1-34-13-15(11-30-34)14-9-19(23(36-2)28-10-14)32-24-29-12-16(25)22(33-24)31-18-6-5-17-20(27-8-7-26-17)21(18)37(3,4)35/h5-13H,1-4H3,(H2,29,31,32,33). The third-order valence-corrected chi connectivity index (χ3v) is 7.59. The number of pyridine rings is 1. The third kappa shape index (κ3) is 5.16. The van der Waals surface area contributed by atoms with Gasteiger partial charge in [-0.25, -0.2) is 9.97 Å². The number of ether oxygens (including phenoxy) is 1. The summed E-state index contributed by atoms with van der Waals surface area (Å²) in [6.07, 6.45) is 10.2. The van der Waals surface area contributed by atoms with Crippen LogP contribution in [0.15, 0.2) is 59.9 Å². The fourth-order valence-electron chi connectivity index (χ4n) is 3.86. The number of methoxy groups -OCH3 is 1. The Morgan fingerprint density at radius 2 is 1.78 bits per heavy atom. The summed E-state index contributed by atoms with van der Waals surface area (Å²) < 4.78 is 21.0. The van der Waals surface area contributed by atoms with E-state index < -0.39 is 7.14 Å². The second-order valence-electron chi connectivity index (χ2n) is 8.56. The molecule has 11 nitrogen and oxygen atoms in total. The van der Waals surface area contributed by atoms with Gasteiger partial charge in [-0.2, -0.15) is 10.1 Å². The number of hydrogen-bond acceptors (Lipinski definition) is 10. The molecule has 4 heterocycles. The topological polar surface area (TPSA) is 133 Å². The maximum Gasteiger partial charge on any atom is 0.237 e. The first kappa shape index (κ1) is 24.8. The van der Waals surface area contributed by atoms with Crippen molar-refractivity contribution in [2.45, 2.75) is 0 Å². The number of benzene rings is 1. The molecule has 5 aromatic rings. The van der Waals surface area contributed by atoms with Gasteiger partial charge in [0.2, 0.25) is 11.8 Å². The van der Waals surface area contributed by atoms with Gasteiger partial charge in [0.1, 0.15) is 24.2 Å². The van der Waals surface area contributed by atoms with Gasteiger partial charge in [-0.3, -0.25) is 14.6 Å². The maximum absolute atomic E-state index is 13.3. The summed E-state index contributed by atoms with van der Waals surface area (Å²) in [6, 6.07) is 5.56. The van der Waals surface area contributed by atoms with Gasteiger partial charge in [0, 0.05) is 49.2 Å². The van der Waals surface area contributed by atoms with E-state index in [0.29, 0.717) is 49.8 Å². The highest BCUT2D eigenvalue weighted by Gasteiger charge is 2.22. The molecule has 0 aliphatic rings. The molecule has 0 saturated heterocycles. The lowest BCUT2D eigenvalue weighted by atomic mass is 10.1. The molecule has 0 fully saturated rings. The van der Waals surface area contributed by atoms with Gasteiger partial charge < -0.3 is 19.9 Å². The van der Waals surface area contributed by atoms with Gasteiger partial charge in [-0.1, -0.05) is 0 Å². The molecule has 5 rings (SSSR count). The van der Waals surface area contributed by atoms with Crippen LogP contribution in [0.4, 0.5) is 23.1 Å². The Morgan fingerprint density at radius 3 is 2.51 bits per heavy atom. The van der Waals surface area contributed by atoms with Crippen LogP contribution in [0.5, 0.6) is 5.88 Å². The number of hydrogen-bond donors (Lipinski definition) is 2. The zero-order valence-corrected chi connectivity index (χ0v) is 22.9. The molecular weight excluding hydrogens is 557 g/mol. The molecule has 37 heavy (non-hydrogen) atoms. The first-order chi connectivity index (χ1) is 17.7. The van der Waals surface area contributed by atoms with Crippen molar-refractivity contribution in [1.29, 1.82) is 0 Å². The number of aryl methyl sites for hydroxylation is 1. The maximum atomic E-state index is 13.3. The van der Waals surface area contributed by atoms with Crippen molar-refractivity contribution in [3.63, 3.8) is 0 Å². The van der Waals surface area contributed by atoms with Crippen LogP contribution in [0.2, 0.25) is 0 Å². The largest absolute Gasteiger partial charge is 0.480 e. The predicted molar refractivity (Wildman–Crippen MR) is 148 cm³/mol. The number of aromatic nitrogens is 7. The van der Waals surface area contributed by atoms with Crippen molar-refractivity contribution in [3.8, 4) is 17.0 Å². The van der Waals surface area contributed by atoms with E-state index >= 15 is 0 Å². The Kier molecular flexibility index (Phi) is 6.61.